The van der Waals surface area contributed by atoms with Gasteiger partial charge in [0.25, 0.3) is 5.91 Å². The van der Waals surface area contributed by atoms with Crippen LogP contribution in [0.5, 0.6) is 0 Å². The van der Waals surface area contributed by atoms with Crippen LogP contribution in [0, 0.1) is 0 Å². The van der Waals surface area contributed by atoms with Crippen LogP contribution in [-0.4, -0.2) is 24.4 Å². The molecule has 3 rings (SSSR count). The lowest BCUT2D eigenvalue weighted by Crippen LogP contribution is -2.41. The third kappa shape index (κ3) is 3.23. The van der Waals surface area contributed by atoms with Crippen LogP contribution in [0.1, 0.15) is 22.5 Å². The Kier molecular flexibility index (Phi) is 4.36. The molecule has 3 N–H and O–H groups in total. The monoisotopic (exact) mass is 333 g/mol. The van der Waals surface area contributed by atoms with Gasteiger partial charge < -0.3 is 20.4 Å². The summed E-state index contributed by atoms with van der Waals surface area (Å²) in [5.41, 5.74) is 6.54. The Balaban J connectivity index is 1.68. The first-order chi connectivity index (χ1) is 11.1. The van der Waals surface area contributed by atoms with Crippen molar-refractivity contribution in [1.82, 2.24) is 5.32 Å². The molecule has 1 fully saturated rings. The smallest absolute Gasteiger partial charge is 0.255 e. The van der Waals surface area contributed by atoms with Crippen LogP contribution in [0.2, 0.25) is 5.02 Å². The van der Waals surface area contributed by atoms with Crippen LogP contribution in [0.25, 0.3) is 0 Å². The van der Waals surface area contributed by atoms with Gasteiger partial charge in [-0.1, -0.05) is 17.7 Å². The zero-order valence-electron chi connectivity index (χ0n) is 12.3. The maximum absolute atomic E-state index is 12.5. The fraction of sp³-hybridized carbons (Fsp3) is 0.250. The van der Waals surface area contributed by atoms with E-state index in [-0.39, 0.29) is 18.4 Å². The summed E-state index contributed by atoms with van der Waals surface area (Å²) in [6.45, 7) is 0.752. The van der Waals surface area contributed by atoms with Crippen LogP contribution in [0.15, 0.2) is 41.0 Å². The second-order valence-corrected chi connectivity index (χ2v) is 5.73. The molecule has 7 heteroatoms. The quantitative estimate of drug-likeness (QED) is 0.894. The van der Waals surface area contributed by atoms with Crippen molar-refractivity contribution in [1.29, 1.82) is 0 Å². The molecule has 1 aliphatic rings. The Hall–Kier alpha value is -2.31. The Bertz CT molecular complexity index is 744. The lowest BCUT2D eigenvalue weighted by atomic mass is 10.2. The summed E-state index contributed by atoms with van der Waals surface area (Å²) in [5, 5.41) is 3.30. The van der Waals surface area contributed by atoms with Gasteiger partial charge in [0, 0.05) is 17.3 Å². The zero-order valence-corrected chi connectivity index (χ0v) is 13.0. The fourth-order valence-corrected chi connectivity index (χ4v) is 2.75. The lowest BCUT2D eigenvalue weighted by molar-refractivity contribution is -0.118. The number of halogens is 1. The number of carbonyl (C=O) groups is 2. The number of nitrogens with zero attached hydrogens (tertiary/aromatic N) is 1. The minimum absolute atomic E-state index is 0.150. The molecule has 0 radical (unpaired) electrons. The fourth-order valence-electron chi connectivity index (χ4n) is 2.56. The van der Waals surface area contributed by atoms with E-state index in [2.05, 4.69) is 5.32 Å². The van der Waals surface area contributed by atoms with Gasteiger partial charge in [-0.2, -0.15) is 0 Å². The molecule has 0 spiro atoms. The van der Waals surface area contributed by atoms with Crippen LogP contribution in [0.3, 0.4) is 0 Å². The van der Waals surface area contributed by atoms with Gasteiger partial charge in [0.1, 0.15) is 18.1 Å². The number of benzene rings is 1. The van der Waals surface area contributed by atoms with Gasteiger partial charge in [-0.25, -0.2) is 0 Å². The first-order valence-corrected chi connectivity index (χ1v) is 7.61. The minimum Gasteiger partial charge on any atom is -0.467 e. The van der Waals surface area contributed by atoms with Crippen molar-refractivity contribution in [2.24, 2.45) is 5.73 Å². The number of rotatable bonds is 4. The van der Waals surface area contributed by atoms with Crippen molar-refractivity contribution in [2.45, 2.75) is 19.0 Å². The van der Waals surface area contributed by atoms with E-state index in [1.54, 1.807) is 29.2 Å². The molecule has 0 aliphatic carbocycles. The van der Waals surface area contributed by atoms with Crippen molar-refractivity contribution >= 4 is 29.1 Å². The van der Waals surface area contributed by atoms with E-state index in [1.807, 2.05) is 6.07 Å². The van der Waals surface area contributed by atoms with Gasteiger partial charge in [-0.15, -0.1) is 0 Å². The summed E-state index contributed by atoms with van der Waals surface area (Å²) in [6.07, 6.45) is 1.88. The maximum Gasteiger partial charge on any atom is 0.255 e. The molecule has 1 aliphatic heterocycles. The molecule has 120 valence electrons. The van der Waals surface area contributed by atoms with Gasteiger partial charge in [0.05, 0.1) is 12.1 Å². The van der Waals surface area contributed by atoms with E-state index >= 15 is 0 Å². The summed E-state index contributed by atoms with van der Waals surface area (Å²) in [5.74, 6) is 0.0244. The molecule has 1 atom stereocenters. The molecule has 1 aromatic carbocycles. The molecular formula is C16H16ClN3O3. The summed E-state index contributed by atoms with van der Waals surface area (Å²) in [4.78, 5) is 26.3. The van der Waals surface area contributed by atoms with Gasteiger partial charge in [-0.3, -0.25) is 9.59 Å². The number of hydrogen-bond acceptors (Lipinski definition) is 4. The number of hydrogen-bond donors (Lipinski definition) is 2. The molecule has 6 nitrogen and oxygen atoms in total. The van der Waals surface area contributed by atoms with Crippen LogP contribution in [0.4, 0.5) is 5.69 Å². The Morgan fingerprint density at radius 3 is 2.96 bits per heavy atom. The summed E-state index contributed by atoms with van der Waals surface area (Å²) < 4.78 is 5.13. The summed E-state index contributed by atoms with van der Waals surface area (Å²) >= 11 is 5.96. The molecular weight excluding hydrogens is 318 g/mol. The van der Waals surface area contributed by atoms with Crippen LogP contribution < -0.4 is 16.0 Å². The number of anilines is 1. The van der Waals surface area contributed by atoms with E-state index in [0.717, 1.165) is 5.69 Å². The van der Waals surface area contributed by atoms with E-state index in [1.165, 1.54) is 6.26 Å². The molecule has 1 aromatic heterocycles. The van der Waals surface area contributed by atoms with Crippen molar-refractivity contribution in [3.63, 3.8) is 0 Å². The number of amides is 2. The topological polar surface area (TPSA) is 88.6 Å². The number of nitrogens with one attached hydrogen (secondary N) is 1. The molecule has 2 amide bonds. The highest BCUT2D eigenvalue weighted by Crippen LogP contribution is 2.24. The van der Waals surface area contributed by atoms with Crippen molar-refractivity contribution in [3.05, 3.63) is 52.9 Å². The van der Waals surface area contributed by atoms with E-state index in [9.17, 15) is 9.59 Å². The third-order valence-electron chi connectivity index (χ3n) is 3.75. The largest absolute Gasteiger partial charge is 0.467 e. The first kappa shape index (κ1) is 15.6. The highest BCUT2D eigenvalue weighted by atomic mass is 35.5. The molecule has 0 bridgehead atoms. The normalized spacial score (nSPS) is 17.6. The third-order valence-corrected chi connectivity index (χ3v) is 3.98. The second-order valence-electron chi connectivity index (χ2n) is 5.29. The predicted octanol–water partition coefficient (Wildman–Crippen LogP) is 1.93. The highest BCUT2D eigenvalue weighted by molar-refractivity contribution is 6.31. The first-order valence-electron chi connectivity index (χ1n) is 7.24. The summed E-state index contributed by atoms with van der Waals surface area (Å²) in [6, 6.07) is 8.10. The van der Waals surface area contributed by atoms with Crippen molar-refractivity contribution < 1.29 is 14.0 Å². The number of carbonyl (C=O) groups excluding carboxylic acids is 2. The van der Waals surface area contributed by atoms with E-state index < -0.39 is 6.04 Å². The molecule has 0 saturated carbocycles. The average Bonchev–Trinajstić information content (AvgIpc) is 3.15. The van der Waals surface area contributed by atoms with Crippen LogP contribution >= 0.6 is 11.6 Å². The minimum atomic E-state index is -0.558. The summed E-state index contributed by atoms with van der Waals surface area (Å²) in [7, 11) is 0. The molecule has 1 saturated heterocycles. The standard InChI is InChI=1S/C16H16ClN3O3/c17-11-2-1-3-12(7-11)20-5-4-14(16(20)22)19-15(21)10-6-13(8-18)23-9-10/h1-3,6-7,9,14H,4-5,8,18H2,(H,19,21). The number of furan rings is 1. The van der Waals surface area contributed by atoms with Gasteiger partial charge in [0.2, 0.25) is 5.91 Å². The van der Waals surface area contributed by atoms with E-state index in [4.69, 9.17) is 21.8 Å². The number of nitrogens with two attached hydrogens (primary N) is 1. The molecule has 2 heterocycles. The average molecular weight is 334 g/mol. The van der Waals surface area contributed by atoms with Gasteiger partial charge >= 0.3 is 0 Å². The van der Waals surface area contributed by atoms with Crippen LogP contribution in [-0.2, 0) is 11.3 Å². The predicted molar refractivity (Wildman–Crippen MR) is 86.3 cm³/mol. The maximum atomic E-state index is 12.5. The Morgan fingerprint density at radius 2 is 2.26 bits per heavy atom. The second kappa shape index (κ2) is 6.44. The molecule has 2 aromatic rings. The van der Waals surface area contributed by atoms with Gasteiger partial charge in [-0.05, 0) is 30.7 Å². The Morgan fingerprint density at radius 1 is 1.43 bits per heavy atom. The Labute approximate surface area is 138 Å². The zero-order chi connectivity index (χ0) is 16.4. The van der Waals surface area contributed by atoms with Crippen molar-refractivity contribution in [2.75, 3.05) is 11.4 Å². The van der Waals surface area contributed by atoms with E-state index in [0.29, 0.717) is 29.3 Å². The lowest BCUT2D eigenvalue weighted by Gasteiger charge is -2.17. The van der Waals surface area contributed by atoms with Crippen molar-refractivity contribution in [3.8, 4) is 0 Å². The highest BCUT2D eigenvalue weighted by Gasteiger charge is 2.34. The molecule has 23 heavy (non-hydrogen) atoms. The molecule has 1 unspecified atom stereocenters. The van der Waals surface area contributed by atoms with Gasteiger partial charge in [0.15, 0.2) is 0 Å². The SMILES string of the molecule is NCc1cc(C(=O)NC2CCN(c3cccc(Cl)c3)C2=O)co1.